The molecule has 3 heterocycles. The van der Waals surface area contributed by atoms with Gasteiger partial charge in [0.2, 0.25) is 21.6 Å². The SMILES string of the molecule is Cc1oc(-c2nc(C#N)c(NC3CC3)o2)cc1S(=O)(=O)N1CCCCCC1. The molecular formula is C18H22N4O4S. The number of hydrogen-bond donors (Lipinski definition) is 1. The maximum Gasteiger partial charge on any atom is 0.266 e. The van der Waals surface area contributed by atoms with Gasteiger partial charge in [-0.25, -0.2) is 8.42 Å². The van der Waals surface area contributed by atoms with Crippen molar-refractivity contribution in [3.8, 4) is 17.7 Å². The Bertz CT molecular complexity index is 974. The van der Waals surface area contributed by atoms with Crippen molar-refractivity contribution in [3.63, 3.8) is 0 Å². The van der Waals surface area contributed by atoms with Gasteiger partial charge in [0.1, 0.15) is 16.7 Å². The largest absolute Gasteiger partial charge is 0.455 e. The second-order valence-corrected chi connectivity index (χ2v) is 8.98. The van der Waals surface area contributed by atoms with E-state index < -0.39 is 10.0 Å². The lowest BCUT2D eigenvalue weighted by molar-refractivity contribution is 0.421. The third-order valence-electron chi connectivity index (χ3n) is 4.91. The highest BCUT2D eigenvalue weighted by atomic mass is 32.2. The van der Waals surface area contributed by atoms with Crippen molar-refractivity contribution in [2.75, 3.05) is 18.4 Å². The summed E-state index contributed by atoms with van der Waals surface area (Å²) in [4.78, 5) is 4.28. The van der Waals surface area contributed by atoms with Gasteiger partial charge in [-0.05, 0) is 32.6 Å². The van der Waals surface area contributed by atoms with Crippen molar-refractivity contribution < 1.29 is 17.3 Å². The van der Waals surface area contributed by atoms with Crippen LogP contribution in [0.15, 0.2) is 19.8 Å². The molecule has 144 valence electrons. The summed E-state index contributed by atoms with van der Waals surface area (Å²) in [6.45, 7) is 2.66. The van der Waals surface area contributed by atoms with E-state index in [1.807, 2.05) is 6.07 Å². The van der Waals surface area contributed by atoms with Gasteiger partial charge >= 0.3 is 0 Å². The minimum absolute atomic E-state index is 0.107. The van der Waals surface area contributed by atoms with Crippen molar-refractivity contribution in [1.82, 2.24) is 9.29 Å². The molecule has 8 nitrogen and oxygen atoms in total. The first-order valence-electron chi connectivity index (χ1n) is 9.27. The number of oxazole rings is 1. The summed E-state index contributed by atoms with van der Waals surface area (Å²) >= 11 is 0. The molecule has 2 aromatic rings. The highest BCUT2D eigenvalue weighted by molar-refractivity contribution is 7.89. The van der Waals surface area contributed by atoms with Crippen molar-refractivity contribution in [1.29, 1.82) is 5.26 Å². The fraction of sp³-hybridized carbons (Fsp3) is 0.556. The van der Waals surface area contributed by atoms with Crippen LogP contribution in [0.1, 0.15) is 50.0 Å². The third kappa shape index (κ3) is 3.59. The zero-order valence-electron chi connectivity index (χ0n) is 15.2. The maximum atomic E-state index is 13.0. The second kappa shape index (κ2) is 7.02. The number of anilines is 1. The Labute approximate surface area is 158 Å². The molecule has 0 unspecified atom stereocenters. The standard InChI is InChI=1S/C18H22N4O4S/c1-12-16(27(23,24)22-8-4-2-3-5-9-22)10-15(25-12)18-21-14(11-19)17(26-18)20-13-6-7-13/h10,13,20H,2-9H2,1H3. The Kier molecular flexibility index (Phi) is 4.70. The molecule has 1 aliphatic carbocycles. The summed E-state index contributed by atoms with van der Waals surface area (Å²) in [6.07, 6.45) is 5.88. The van der Waals surface area contributed by atoms with Gasteiger partial charge in [-0.3, -0.25) is 0 Å². The van der Waals surface area contributed by atoms with Gasteiger partial charge in [0.15, 0.2) is 5.76 Å². The average Bonchev–Trinajstić information content (AvgIpc) is 3.32. The van der Waals surface area contributed by atoms with Crippen molar-refractivity contribution in [3.05, 3.63) is 17.5 Å². The van der Waals surface area contributed by atoms with Crippen LogP contribution in [0.3, 0.4) is 0 Å². The minimum atomic E-state index is -3.63. The lowest BCUT2D eigenvalue weighted by Gasteiger charge is -2.19. The summed E-state index contributed by atoms with van der Waals surface area (Å²) in [6, 6.07) is 3.74. The van der Waals surface area contributed by atoms with Gasteiger partial charge in [-0.1, -0.05) is 12.8 Å². The molecule has 9 heteroatoms. The van der Waals surface area contributed by atoms with Gasteiger partial charge in [0, 0.05) is 25.2 Å². The predicted octanol–water partition coefficient (Wildman–Crippen LogP) is 3.25. The first-order valence-corrected chi connectivity index (χ1v) is 10.7. The van der Waals surface area contributed by atoms with Crippen LogP contribution in [-0.2, 0) is 10.0 Å². The van der Waals surface area contributed by atoms with Crippen LogP contribution >= 0.6 is 0 Å². The quantitative estimate of drug-likeness (QED) is 0.834. The van der Waals surface area contributed by atoms with Crippen molar-refractivity contribution in [2.24, 2.45) is 0 Å². The van der Waals surface area contributed by atoms with Crippen LogP contribution < -0.4 is 5.32 Å². The number of aromatic nitrogens is 1. The summed E-state index contributed by atoms with van der Waals surface area (Å²) in [5.74, 6) is 0.917. The second-order valence-electron chi connectivity index (χ2n) is 7.08. The van der Waals surface area contributed by atoms with E-state index in [1.165, 1.54) is 10.4 Å². The normalized spacial score (nSPS) is 18.8. The van der Waals surface area contributed by atoms with E-state index in [4.69, 9.17) is 8.83 Å². The molecule has 1 N–H and O–H groups in total. The van der Waals surface area contributed by atoms with Crippen LogP contribution in [0.25, 0.3) is 11.7 Å². The molecule has 0 aromatic carbocycles. The molecule has 0 amide bonds. The smallest absolute Gasteiger partial charge is 0.266 e. The summed E-state index contributed by atoms with van der Waals surface area (Å²) in [7, 11) is -3.63. The van der Waals surface area contributed by atoms with Crippen molar-refractivity contribution in [2.45, 2.75) is 56.4 Å². The van der Waals surface area contributed by atoms with Gasteiger partial charge in [-0.15, -0.1) is 0 Å². The number of furan rings is 1. The number of sulfonamides is 1. The van der Waals surface area contributed by atoms with Gasteiger partial charge in [-0.2, -0.15) is 14.6 Å². The molecule has 0 atom stereocenters. The zero-order chi connectivity index (χ0) is 19.0. The van der Waals surface area contributed by atoms with E-state index >= 15 is 0 Å². The van der Waals surface area contributed by atoms with Gasteiger partial charge in [0.05, 0.1) is 0 Å². The Morgan fingerprint density at radius 3 is 2.56 bits per heavy atom. The topological polar surface area (TPSA) is 112 Å². The van der Waals surface area contributed by atoms with E-state index in [0.717, 1.165) is 38.5 Å². The Hall–Kier alpha value is -2.31. The van der Waals surface area contributed by atoms with E-state index in [2.05, 4.69) is 10.3 Å². The minimum Gasteiger partial charge on any atom is -0.455 e. The van der Waals surface area contributed by atoms with E-state index in [1.54, 1.807) is 6.92 Å². The fourth-order valence-corrected chi connectivity index (χ4v) is 4.94. The molecule has 1 aliphatic heterocycles. The Morgan fingerprint density at radius 2 is 1.93 bits per heavy atom. The highest BCUT2D eigenvalue weighted by Crippen LogP contribution is 2.34. The van der Waals surface area contributed by atoms with Crippen LogP contribution in [0, 0.1) is 18.3 Å². The summed E-state index contributed by atoms with van der Waals surface area (Å²) in [5.41, 5.74) is 0.142. The van der Waals surface area contributed by atoms with E-state index in [-0.39, 0.29) is 22.2 Å². The molecule has 27 heavy (non-hydrogen) atoms. The molecule has 1 saturated carbocycles. The number of aryl methyl sites for hydroxylation is 1. The number of nitrogens with one attached hydrogen (secondary N) is 1. The molecule has 0 spiro atoms. The monoisotopic (exact) mass is 390 g/mol. The Balaban J connectivity index is 1.65. The number of nitriles is 1. The molecule has 2 aromatic heterocycles. The van der Waals surface area contributed by atoms with Crippen molar-refractivity contribution >= 4 is 15.9 Å². The number of nitrogens with zero attached hydrogens (tertiary/aromatic N) is 3. The molecule has 1 saturated heterocycles. The molecule has 2 aliphatic rings. The van der Waals surface area contributed by atoms with Crippen LogP contribution in [0.5, 0.6) is 0 Å². The van der Waals surface area contributed by atoms with Crippen LogP contribution in [-0.4, -0.2) is 36.8 Å². The predicted molar refractivity (Wildman–Crippen MR) is 97.5 cm³/mol. The fourth-order valence-electron chi connectivity index (χ4n) is 3.26. The summed E-state index contributed by atoms with van der Waals surface area (Å²) in [5, 5.41) is 12.4. The lowest BCUT2D eigenvalue weighted by atomic mass is 10.2. The molecule has 4 rings (SSSR count). The van der Waals surface area contributed by atoms with Gasteiger partial charge in [0.25, 0.3) is 5.89 Å². The van der Waals surface area contributed by atoms with Crippen LogP contribution in [0.4, 0.5) is 5.88 Å². The molecular weight excluding hydrogens is 368 g/mol. The third-order valence-corrected chi connectivity index (χ3v) is 6.92. The average molecular weight is 390 g/mol. The van der Waals surface area contributed by atoms with E-state index in [0.29, 0.717) is 30.8 Å². The molecule has 0 radical (unpaired) electrons. The summed E-state index contributed by atoms with van der Waals surface area (Å²) < 4.78 is 38.9. The Morgan fingerprint density at radius 1 is 1.22 bits per heavy atom. The first-order chi connectivity index (χ1) is 13.0. The van der Waals surface area contributed by atoms with Crippen LogP contribution in [0.2, 0.25) is 0 Å². The first kappa shape index (κ1) is 18.1. The zero-order valence-corrected chi connectivity index (χ0v) is 16.0. The molecule has 0 bridgehead atoms. The highest BCUT2D eigenvalue weighted by Gasteiger charge is 2.31. The number of hydrogen-bond acceptors (Lipinski definition) is 7. The van der Waals surface area contributed by atoms with E-state index in [9.17, 15) is 13.7 Å². The number of rotatable bonds is 5. The lowest BCUT2D eigenvalue weighted by Crippen LogP contribution is -2.32. The molecule has 2 fully saturated rings. The van der Waals surface area contributed by atoms with Gasteiger partial charge < -0.3 is 14.2 Å². The maximum absolute atomic E-state index is 13.0.